The zero-order valence-corrected chi connectivity index (χ0v) is 8.87. The maximum atomic E-state index is 12.9. The first kappa shape index (κ1) is 10.6. The van der Waals surface area contributed by atoms with Crippen molar-refractivity contribution >= 4 is 5.78 Å². The van der Waals surface area contributed by atoms with Crippen LogP contribution in [0.1, 0.15) is 21.7 Å². The van der Waals surface area contributed by atoms with Crippen molar-refractivity contribution < 1.29 is 13.6 Å². The highest BCUT2D eigenvalue weighted by Gasteiger charge is 2.13. The third-order valence-electron chi connectivity index (χ3n) is 2.37. The van der Waals surface area contributed by atoms with Crippen LogP contribution in [-0.4, -0.2) is 5.78 Å². The smallest absolute Gasteiger partial charge is 0.202 e. The lowest BCUT2D eigenvalue weighted by atomic mass is 10.1. The van der Waals surface area contributed by atoms with Gasteiger partial charge in [-0.2, -0.15) is 0 Å². The second-order valence-corrected chi connectivity index (χ2v) is 3.66. The van der Waals surface area contributed by atoms with Crippen LogP contribution in [0.15, 0.2) is 41.0 Å². The first-order valence-electron chi connectivity index (χ1n) is 4.98. The zero-order chi connectivity index (χ0) is 11.5. The summed E-state index contributed by atoms with van der Waals surface area (Å²) in [4.78, 5) is 11.8. The van der Waals surface area contributed by atoms with Crippen LogP contribution in [0.25, 0.3) is 0 Å². The van der Waals surface area contributed by atoms with E-state index >= 15 is 0 Å². The van der Waals surface area contributed by atoms with Crippen molar-refractivity contribution in [3.05, 3.63) is 59.3 Å². The van der Waals surface area contributed by atoms with Gasteiger partial charge < -0.3 is 4.42 Å². The fraction of sp³-hybridized carbons (Fsp3) is 0.154. The summed E-state index contributed by atoms with van der Waals surface area (Å²) in [6.45, 7) is 1.81. The van der Waals surface area contributed by atoms with Crippen LogP contribution in [0, 0.1) is 12.7 Å². The van der Waals surface area contributed by atoms with Crippen molar-refractivity contribution in [1.82, 2.24) is 0 Å². The molecule has 0 saturated heterocycles. The monoisotopic (exact) mass is 218 g/mol. The Labute approximate surface area is 92.7 Å². The van der Waals surface area contributed by atoms with Crippen molar-refractivity contribution in [3.8, 4) is 0 Å². The molecule has 0 aliphatic heterocycles. The number of hydrogen-bond acceptors (Lipinski definition) is 2. The molecule has 0 saturated carbocycles. The van der Waals surface area contributed by atoms with Gasteiger partial charge in [0.1, 0.15) is 5.82 Å². The van der Waals surface area contributed by atoms with Crippen molar-refractivity contribution in [2.45, 2.75) is 13.3 Å². The molecule has 2 rings (SSSR count). The fourth-order valence-electron chi connectivity index (χ4n) is 1.57. The molecule has 0 amide bonds. The second kappa shape index (κ2) is 4.31. The summed E-state index contributed by atoms with van der Waals surface area (Å²) < 4.78 is 18.0. The summed E-state index contributed by atoms with van der Waals surface area (Å²) >= 11 is 0. The summed E-state index contributed by atoms with van der Waals surface area (Å²) in [5, 5.41) is 0. The summed E-state index contributed by atoms with van der Waals surface area (Å²) in [5.41, 5.74) is 1.46. The average molecular weight is 218 g/mol. The first-order valence-corrected chi connectivity index (χ1v) is 4.98. The molecule has 0 N–H and O–H groups in total. The van der Waals surface area contributed by atoms with Gasteiger partial charge in [-0.25, -0.2) is 4.39 Å². The Morgan fingerprint density at radius 3 is 2.81 bits per heavy atom. The van der Waals surface area contributed by atoms with Gasteiger partial charge in [0.05, 0.1) is 6.26 Å². The van der Waals surface area contributed by atoms with E-state index in [1.807, 2.05) is 6.92 Å². The molecule has 0 fully saturated rings. The van der Waals surface area contributed by atoms with Crippen LogP contribution >= 0.6 is 0 Å². The Balaban J connectivity index is 2.17. The fourth-order valence-corrected chi connectivity index (χ4v) is 1.57. The summed E-state index contributed by atoms with van der Waals surface area (Å²) in [7, 11) is 0. The van der Waals surface area contributed by atoms with Crippen molar-refractivity contribution in [1.29, 1.82) is 0 Å². The molecule has 3 heteroatoms. The van der Waals surface area contributed by atoms with Gasteiger partial charge in [0, 0.05) is 6.42 Å². The largest absolute Gasteiger partial charge is 0.461 e. The topological polar surface area (TPSA) is 30.2 Å². The number of hydrogen-bond donors (Lipinski definition) is 0. The van der Waals surface area contributed by atoms with Crippen LogP contribution in [0.4, 0.5) is 4.39 Å². The van der Waals surface area contributed by atoms with Crippen molar-refractivity contribution in [2.75, 3.05) is 0 Å². The van der Waals surface area contributed by atoms with Gasteiger partial charge in [0.15, 0.2) is 5.76 Å². The van der Waals surface area contributed by atoms with E-state index < -0.39 is 0 Å². The lowest BCUT2D eigenvalue weighted by Gasteiger charge is -2.00. The maximum Gasteiger partial charge on any atom is 0.202 e. The number of benzene rings is 1. The summed E-state index contributed by atoms with van der Waals surface area (Å²) in [6.07, 6.45) is 1.64. The molecule has 0 radical (unpaired) electrons. The van der Waals surface area contributed by atoms with Crippen LogP contribution < -0.4 is 0 Å². The number of rotatable bonds is 3. The minimum atomic E-state index is -0.332. The predicted octanol–water partition coefficient (Wildman–Crippen LogP) is 3.15. The Morgan fingerprint density at radius 1 is 1.38 bits per heavy atom. The molecule has 1 aromatic carbocycles. The number of ketones is 1. The summed E-state index contributed by atoms with van der Waals surface area (Å²) in [6, 6.07) is 7.76. The van der Waals surface area contributed by atoms with E-state index in [4.69, 9.17) is 4.42 Å². The highest BCUT2D eigenvalue weighted by Crippen LogP contribution is 2.13. The molecule has 0 unspecified atom stereocenters. The molecule has 0 spiro atoms. The molecule has 2 nitrogen and oxygen atoms in total. The van der Waals surface area contributed by atoms with Crippen molar-refractivity contribution in [2.24, 2.45) is 0 Å². The number of carbonyl (C=O) groups is 1. The van der Waals surface area contributed by atoms with Gasteiger partial charge in [-0.15, -0.1) is 0 Å². The highest BCUT2D eigenvalue weighted by atomic mass is 19.1. The molecule has 1 heterocycles. The molecule has 16 heavy (non-hydrogen) atoms. The van der Waals surface area contributed by atoms with Crippen LogP contribution in [0.3, 0.4) is 0 Å². The lowest BCUT2D eigenvalue weighted by Crippen LogP contribution is -2.03. The van der Waals surface area contributed by atoms with E-state index in [-0.39, 0.29) is 18.0 Å². The Hall–Kier alpha value is -1.90. The lowest BCUT2D eigenvalue weighted by molar-refractivity contribution is 0.0965. The van der Waals surface area contributed by atoms with Gasteiger partial charge in [-0.05, 0) is 36.2 Å². The van der Waals surface area contributed by atoms with Gasteiger partial charge in [-0.1, -0.05) is 12.1 Å². The Morgan fingerprint density at radius 2 is 2.19 bits per heavy atom. The first-order chi connectivity index (χ1) is 7.66. The van der Waals surface area contributed by atoms with Gasteiger partial charge in [-0.3, -0.25) is 4.79 Å². The van der Waals surface area contributed by atoms with E-state index in [2.05, 4.69) is 0 Å². The normalized spacial score (nSPS) is 10.4. The average Bonchev–Trinajstić information content (AvgIpc) is 2.64. The minimum absolute atomic E-state index is 0.131. The quantitative estimate of drug-likeness (QED) is 0.741. The maximum absolute atomic E-state index is 12.9. The molecule has 0 aliphatic carbocycles. The van der Waals surface area contributed by atoms with Crippen LogP contribution in [0.2, 0.25) is 0 Å². The molecule has 0 bridgehead atoms. The molecule has 1 aromatic heterocycles. The molecular formula is C13H11FO2. The highest BCUT2D eigenvalue weighted by molar-refractivity contribution is 5.96. The molecule has 82 valence electrons. The number of carbonyl (C=O) groups excluding carboxylic acids is 1. The molecule has 0 aliphatic rings. The number of Topliss-reactive ketones (excluding diaryl/α,β-unsaturated/α-hetero) is 1. The van der Waals surface area contributed by atoms with E-state index in [9.17, 15) is 9.18 Å². The number of halogens is 1. The molecule has 0 atom stereocenters. The van der Waals surface area contributed by atoms with E-state index in [1.54, 1.807) is 18.2 Å². The third kappa shape index (κ3) is 2.19. The van der Waals surface area contributed by atoms with Gasteiger partial charge >= 0.3 is 0 Å². The SMILES string of the molecule is Cc1ccoc1C(=O)Cc1cccc(F)c1. The van der Waals surface area contributed by atoms with Crippen LogP contribution in [0.5, 0.6) is 0 Å². The van der Waals surface area contributed by atoms with E-state index in [0.29, 0.717) is 11.3 Å². The van der Waals surface area contributed by atoms with Crippen LogP contribution in [-0.2, 0) is 6.42 Å². The number of aryl methyl sites for hydroxylation is 1. The second-order valence-electron chi connectivity index (χ2n) is 3.66. The number of furan rings is 1. The van der Waals surface area contributed by atoms with E-state index in [0.717, 1.165) is 5.56 Å². The van der Waals surface area contributed by atoms with Gasteiger partial charge in [0.25, 0.3) is 0 Å². The Bertz CT molecular complexity index is 514. The van der Waals surface area contributed by atoms with Crippen molar-refractivity contribution in [3.63, 3.8) is 0 Å². The molecular weight excluding hydrogens is 207 g/mol. The minimum Gasteiger partial charge on any atom is -0.461 e. The summed E-state index contributed by atoms with van der Waals surface area (Å²) in [5.74, 6) is -0.112. The van der Waals surface area contributed by atoms with Gasteiger partial charge in [0.2, 0.25) is 5.78 Å². The molecule has 2 aromatic rings. The van der Waals surface area contributed by atoms with E-state index in [1.165, 1.54) is 18.4 Å². The zero-order valence-electron chi connectivity index (χ0n) is 8.87. The Kier molecular flexibility index (Phi) is 2.86. The third-order valence-corrected chi connectivity index (χ3v) is 2.37. The standard InChI is InChI=1S/C13H11FO2/c1-9-5-6-16-13(9)12(15)8-10-3-2-4-11(14)7-10/h2-7H,8H2,1H3. The predicted molar refractivity (Wildman–Crippen MR) is 57.9 cm³/mol.